The number of rotatable bonds is 6. The summed E-state index contributed by atoms with van der Waals surface area (Å²) in [5.41, 5.74) is 0.754. The van der Waals surface area contributed by atoms with Crippen molar-refractivity contribution in [2.75, 3.05) is 0 Å². The lowest BCUT2D eigenvalue weighted by Gasteiger charge is -2.15. The summed E-state index contributed by atoms with van der Waals surface area (Å²) in [6, 6.07) is 0. The molecule has 0 N–H and O–H groups in total. The van der Waals surface area contributed by atoms with E-state index in [0.717, 1.165) is 23.4 Å². The molecule has 17 heavy (non-hydrogen) atoms. The number of Topliss-reactive ketones (excluding diaryl/α,β-unsaturated/α-hetero) is 1. The zero-order valence-electron chi connectivity index (χ0n) is 11.2. The first kappa shape index (κ1) is 14.3. The predicted octanol–water partition coefficient (Wildman–Crippen LogP) is 3.99. The van der Waals surface area contributed by atoms with Crippen LogP contribution in [0.3, 0.4) is 0 Å². The monoisotopic (exact) mass is 254 g/mol. The van der Waals surface area contributed by atoms with Crippen LogP contribution in [0, 0.1) is 0 Å². The molecule has 3 nitrogen and oxygen atoms in total. The van der Waals surface area contributed by atoms with Gasteiger partial charge in [0.1, 0.15) is 4.88 Å². The molecule has 0 aliphatic rings. The van der Waals surface area contributed by atoms with Crippen molar-refractivity contribution in [3.8, 4) is 0 Å². The van der Waals surface area contributed by atoms with E-state index in [2.05, 4.69) is 37.3 Å². The molecule has 0 saturated carbocycles. The Morgan fingerprint density at radius 3 is 2.53 bits per heavy atom. The highest BCUT2D eigenvalue weighted by Crippen LogP contribution is 2.27. The zero-order valence-corrected chi connectivity index (χ0v) is 12.1. The van der Waals surface area contributed by atoms with Gasteiger partial charge >= 0.3 is 0 Å². The molecule has 0 amide bonds. The molecule has 0 spiro atoms. The van der Waals surface area contributed by atoms with Crippen LogP contribution in [0.2, 0.25) is 0 Å². The predicted molar refractivity (Wildman–Crippen MR) is 71.7 cm³/mol. The Labute approximate surface area is 108 Å². The fourth-order valence-electron chi connectivity index (χ4n) is 1.69. The van der Waals surface area contributed by atoms with Gasteiger partial charge in [0.15, 0.2) is 5.78 Å². The number of ketones is 1. The highest BCUT2D eigenvalue weighted by atomic mass is 32.1. The third-order valence-corrected chi connectivity index (χ3v) is 3.48. The molecule has 1 aromatic heterocycles. The molecule has 4 heteroatoms. The van der Waals surface area contributed by atoms with E-state index < -0.39 is 0 Å². The maximum atomic E-state index is 12.1. The van der Waals surface area contributed by atoms with Gasteiger partial charge in [-0.15, -0.1) is 5.10 Å². The Bertz CT molecular complexity index is 366. The topological polar surface area (TPSA) is 42.9 Å². The van der Waals surface area contributed by atoms with Gasteiger partial charge in [-0.25, -0.2) is 0 Å². The molecule has 0 atom stereocenters. The van der Waals surface area contributed by atoms with E-state index >= 15 is 0 Å². The average molecular weight is 254 g/mol. The van der Waals surface area contributed by atoms with Crippen molar-refractivity contribution < 1.29 is 4.79 Å². The van der Waals surface area contributed by atoms with Gasteiger partial charge in [0.05, 0.1) is 5.69 Å². The second-order valence-electron chi connectivity index (χ2n) is 5.43. The van der Waals surface area contributed by atoms with E-state index in [9.17, 15) is 4.79 Å². The van der Waals surface area contributed by atoms with Gasteiger partial charge in [-0.2, -0.15) is 0 Å². The third-order valence-electron chi connectivity index (χ3n) is 2.71. The number of nitrogens with zero attached hydrogens (tertiary/aromatic N) is 2. The second-order valence-corrected chi connectivity index (χ2v) is 6.19. The molecule has 0 unspecified atom stereocenters. The summed E-state index contributed by atoms with van der Waals surface area (Å²) in [6.07, 6.45) is 5.16. The van der Waals surface area contributed by atoms with Crippen LogP contribution >= 0.6 is 11.5 Å². The molecule has 96 valence electrons. The van der Waals surface area contributed by atoms with Gasteiger partial charge in [0.25, 0.3) is 0 Å². The zero-order chi connectivity index (χ0) is 12.9. The van der Waals surface area contributed by atoms with Crippen molar-refractivity contribution >= 4 is 17.3 Å². The van der Waals surface area contributed by atoms with Gasteiger partial charge in [-0.1, -0.05) is 51.4 Å². The number of hydrogen-bond acceptors (Lipinski definition) is 4. The fourth-order valence-corrected chi connectivity index (χ4v) is 2.53. The first-order valence-corrected chi connectivity index (χ1v) is 7.10. The van der Waals surface area contributed by atoms with E-state index in [0.29, 0.717) is 6.42 Å². The molecule has 1 rings (SSSR count). The Morgan fingerprint density at radius 1 is 1.24 bits per heavy atom. The molecule has 0 aliphatic heterocycles. The summed E-state index contributed by atoms with van der Waals surface area (Å²) < 4.78 is 3.92. The van der Waals surface area contributed by atoms with Crippen LogP contribution in [0.15, 0.2) is 0 Å². The van der Waals surface area contributed by atoms with Crippen LogP contribution in [0.1, 0.15) is 75.2 Å². The van der Waals surface area contributed by atoms with Crippen molar-refractivity contribution in [2.45, 2.75) is 65.2 Å². The minimum atomic E-state index is -0.0958. The Hall–Kier alpha value is -0.770. The summed E-state index contributed by atoms with van der Waals surface area (Å²) in [4.78, 5) is 12.8. The summed E-state index contributed by atoms with van der Waals surface area (Å²) in [5, 5.41) is 4.10. The summed E-state index contributed by atoms with van der Waals surface area (Å²) in [6.45, 7) is 8.37. The van der Waals surface area contributed by atoms with E-state index in [4.69, 9.17) is 0 Å². The van der Waals surface area contributed by atoms with E-state index in [1.807, 2.05) is 0 Å². The molecule has 1 heterocycles. The molecule has 0 saturated heterocycles. The quantitative estimate of drug-likeness (QED) is 0.569. The largest absolute Gasteiger partial charge is 0.293 e. The van der Waals surface area contributed by atoms with Crippen molar-refractivity contribution in [1.82, 2.24) is 9.59 Å². The van der Waals surface area contributed by atoms with Crippen molar-refractivity contribution in [1.29, 1.82) is 0 Å². The molecule has 0 bridgehead atoms. The van der Waals surface area contributed by atoms with Gasteiger partial charge in [0, 0.05) is 11.8 Å². The van der Waals surface area contributed by atoms with Crippen LogP contribution in [0.5, 0.6) is 0 Å². The van der Waals surface area contributed by atoms with Crippen molar-refractivity contribution in [3.05, 3.63) is 10.6 Å². The summed E-state index contributed by atoms with van der Waals surface area (Å²) >= 11 is 1.24. The van der Waals surface area contributed by atoms with E-state index in [1.165, 1.54) is 24.4 Å². The highest BCUT2D eigenvalue weighted by molar-refractivity contribution is 7.08. The summed E-state index contributed by atoms with van der Waals surface area (Å²) in [7, 11) is 0. The van der Waals surface area contributed by atoms with Crippen molar-refractivity contribution in [2.24, 2.45) is 0 Å². The molecule has 0 aliphatic carbocycles. The Balaban J connectivity index is 2.61. The van der Waals surface area contributed by atoms with Crippen LogP contribution in [-0.2, 0) is 5.41 Å². The number of unbranched alkanes of at least 4 members (excludes halogenated alkanes) is 3. The third kappa shape index (κ3) is 4.19. The van der Waals surface area contributed by atoms with Crippen LogP contribution < -0.4 is 0 Å². The molecule has 1 aromatic rings. The SMILES string of the molecule is CCCCCCC(=O)c1snnc1C(C)(C)C. The van der Waals surface area contributed by atoms with E-state index in [1.54, 1.807) is 0 Å². The summed E-state index contributed by atoms with van der Waals surface area (Å²) in [5.74, 6) is 0.209. The Morgan fingerprint density at radius 2 is 1.94 bits per heavy atom. The number of carbonyl (C=O) groups is 1. The minimum absolute atomic E-state index is 0.0958. The number of carbonyl (C=O) groups excluding carboxylic acids is 1. The Kier molecular flexibility index (Phi) is 5.25. The fraction of sp³-hybridized carbons (Fsp3) is 0.769. The molecule has 0 radical (unpaired) electrons. The second kappa shape index (κ2) is 6.24. The van der Waals surface area contributed by atoms with Gasteiger partial charge in [0.2, 0.25) is 0 Å². The average Bonchev–Trinajstić information content (AvgIpc) is 2.72. The van der Waals surface area contributed by atoms with E-state index in [-0.39, 0.29) is 11.2 Å². The lowest BCUT2D eigenvalue weighted by molar-refractivity contribution is 0.0980. The highest BCUT2D eigenvalue weighted by Gasteiger charge is 2.25. The van der Waals surface area contributed by atoms with Crippen molar-refractivity contribution in [3.63, 3.8) is 0 Å². The first-order valence-electron chi connectivity index (χ1n) is 6.33. The van der Waals surface area contributed by atoms with Gasteiger partial charge in [-0.3, -0.25) is 4.79 Å². The maximum absolute atomic E-state index is 12.1. The van der Waals surface area contributed by atoms with Gasteiger partial charge in [-0.05, 0) is 18.0 Å². The smallest absolute Gasteiger partial charge is 0.176 e. The van der Waals surface area contributed by atoms with Gasteiger partial charge < -0.3 is 0 Å². The number of aromatic nitrogens is 2. The maximum Gasteiger partial charge on any atom is 0.176 e. The molecular formula is C13H22N2OS. The van der Waals surface area contributed by atoms with Crippen LogP contribution in [-0.4, -0.2) is 15.4 Å². The molecule has 0 aromatic carbocycles. The lowest BCUT2D eigenvalue weighted by atomic mass is 9.90. The standard InChI is InChI=1S/C13H22N2OS/c1-5-6-7-8-9-10(16)11-12(13(2,3)4)14-15-17-11/h5-9H2,1-4H3. The molecular weight excluding hydrogens is 232 g/mol. The minimum Gasteiger partial charge on any atom is -0.293 e. The lowest BCUT2D eigenvalue weighted by Crippen LogP contribution is -2.16. The number of hydrogen-bond donors (Lipinski definition) is 0. The van der Waals surface area contributed by atoms with Crippen LogP contribution in [0.4, 0.5) is 0 Å². The molecule has 0 fully saturated rings. The first-order chi connectivity index (χ1) is 7.96. The van der Waals surface area contributed by atoms with Crippen LogP contribution in [0.25, 0.3) is 0 Å². The normalized spacial score (nSPS) is 11.8.